The SMILES string of the molecule is CC(C)CNCC(O)[C@@H](C)Cc1ccccc1. The van der Waals surface area contributed by atoms with Crippen molar-refractivity contribution in [1.29, 1.82) is 0 Å². The minimum atomic E-state index is -0.269. The van der Waals surface area contributed by atoms with Crippen LogP contribution in [-0.4, -0.2) is 24.3 Å². The first-order valence-corrected chi connectivity index (χ1v) is 6.52. The van der Waals surface area contributed by atoms with Gasteiger partial charge in [0.05, 0.1) is 6.10 Å². The maximum Gasteiger partial charge on any atom is 0.0693 e. The summed E-state index contributed by atoms with van der Waals surface area (Å²) in [4.78, 5) is 0. The molecular formula is C15H25NO. The molecule has 2 nitrogen and oxygen atoms in total. The van der Waals surface area contributed by atoms with E-state index in [9.17, 15) is 5.11 Å². The van der Waals surface area contributed by atoms with Crippen molar-refractivity contribution in [1.82, 2.24) is 5.32 Å². The third-order valence-corrected chi connectivity index (χ3v) is 2.96. The van der Waals surface area contributed by atoms with Crippen LogP contribution in [0.2, 0.25) is 0 Å². The van der Waals surface area contributed by atoms with Crippen LogP contribution in [-0.2, 0) is 6.42 Å². The van der Waals surface area contributed by atoms with Crippen LogP contribution in [0.1, 0.15) is 26.3 Å². The van der Waals surface area contributed by atoms with E-state index in [1.807, 2.05) is 18.2 Å². The van der Waals surface area contributed by atoms with Gasteiger partial charge in [0.2, 0.25) is 0 Å². The number of hydrogen-bond donors (Lipinski definition) is 2. The smallest absolute Gasteiger partial charge is 0.0693 e. The van der Waals surface area contributed by atoms with Gasteiger partial charge in [-0.25, -0.2) is 0 Å². The Balaban J connectivity index is 2.29. The molecule has 0 fully saturated rings. The number of benzene rings is 1. The van der Waals surface area contributed by atoms with E-state index < -0.39 is 0 Å². The normalized spacial score (nSPS) is 14.9. The molecule has 0 aromatic heterocycles. The van der Waals surface area contributed by atoms with Gasteiger partial charge in [-0.05, 0) is 30.4 Å². The fourth-order valence-corrected chi connectivity index (χ4v) is 1.84. The molecule has 0 saturated carbocycles. The second kappa shape index (κ2) is 7.46. The van der Waals surface area contributed by atoms with Gasteiger partial charge in [-0.15, -0.1) is 0 Å². The van der Waals surface area contributed by atoms with Crippen LogP contribution in [0.15, 0.2) is 30.3 Å². The molecule has 2 N–H and O–H groups in total. The first-order chi connectivity index (χ1) is 8.09. The maximum atomic E-state index is 10.0. The molecule has 96 valence electrons. The average molecular weight is 235 g/mol. The Morgan fingerprint density at radius 1 is 1.06 bits per heavy atom. The van der Waals surface area contributed by atoms with Gasteiger partial charge >= 0.3 is 0 Å². The summed E-state index contributed by atoms with van der Waals surface area (Å²) in [7, 11) is 0. The number of aliphatic hydroxyl groups excluding tert-OH is 1. The lowest BCUT2D eigenvalue weighted by molar-refractivity contribution is 0.114. The molecule has 1 aromatic carbocycles. The van der Waals surface area contributed by atoms with E-state index in [-0.39, 0.29) is 12.0 Å². The Labute approximate surface area is 105 Å². The monoisotopic (exact) mass is 235 g/mol. The van der Waals surface area contributed by atoms with Gasteiger partial charge in [0.25, 0.3) is 0 Å². The standard InChI is InChI=1S/C15H25NO/c1-12(2)10-16-11-15(17)13(3)9-14-7-5-4-6-8-14/h4-8,12-13,15-17H,9-11H2,1-3H3/t13-,15?/m0/s1. The zero-order chi connectivity index (χ0) is 12.7. The van der Waals surface area contributed by atoms with Gasteiger partial charge in [-0.1, -0.05) is 51.1 Å². The molecular weight excluding hydrogens is 210 g/mol. The summed E-state index contributed by atoms with van der Waals surface area (Å²) in [5, 5.41) is 13.3. The maximum absolute atomic E-state index is 10.0. The van der Waals surface area contributed by atoms with E-state index in [4.69, 9.17) is 0 Å². The molecule has 0 radical (unpaired) electrons. The molecule has 2 atom stereocenters. The quantitative estimate of drug-likeness (QED) is 0.761. The Morgan fingerprint density at radius 2 is 1.71 bits per heavy atom. The highest BCUT2D eigenvalue weighted by molar-refractivity contribution is 5.15. The number of aliphatic hydroxyl groups is 1. The third-order valence-electron chi connectivity index (χ3n) is 2.96. The van der Waals surface area contributed by atoms with Crippen LogP contribution in [0.5, 0.6) is 0 Å². The topological polar surface area (TPSA) is 32.3 Å². The lowest BCUT2D eigenvalue weighted by Crippen LogP contribution is -2.34. The molecule has 0 aliphatic carbocycles. The van der Waals surface area contributed by atoms with Crippen LogP contribution in [0.4, 0.5) is 0 Å². The second-order valence-corrected chi connectivity index (χ2v) is 5.29. The highest BCUT2D eigenvalue weighted by atomic mass is 16.3. The van der Waals surface area contributed by atoms with E-state index in [2.05, 4.69) is 38.2 Å². The van der Waals surface area contributed by atoms with Gasteiger partial charge in [-0.3, -0.25) is 0 Å². The zero-order valence-electron chi connectivity index (χ0n) is 11.2. The van der Waals surface area contributed by atoms with Crippen LogP contribution >= 0.6 is 0 Å². The van der Waals surface area contributed by atoms with Crippen molar-refractivity contribution >= 4 is 0 Å². The Bertz CT molecular complexity index is 297. The number of nitrogens with one attached hydrogen (secondary N) is 1. The molecule has 0 spiro atoms. The Kier molecular flexibility index (Phi) is 6.23. The minimum Gasteiger partial charge on any atom is -0.392 e. The summed E-state index contributed by atoms with van der Waals surface area (Å²) in [6, 6.07) is 10.3. The van der Waals surface area contributed by atoms with Crippen molar-refractivity contribution in [2.75, 3.05) is 13.1 Å². The average Bonchev–Trinajstić information content (AvgIpc) is 2.29. The second-order valence-electron chi connectivity index (χ2n) is 5.29. The van der Waals surface area contributed by atoms with E-state index >= 15 is 0 Å². The summed E-state index contributed by atoms with van der Waals surface area (Å²) in [5.41, 5.74) is 1.29. The van der Waals surface area contributed by atoms with Crippen molar-refractivity contribution in [2.24, 2.45) is 11.8 Å². The molecule has 2 heteroatoms. The van der Waals surface area contributed by atoms with Crippen LogP contribution < -0.4 is 5.32 Å². The Hall–Kier alpha value is -0.860. The van der Waals surface area contributed by atoms with Gasteiger partial charge in [0, 0.05) is 6.54 Å². The van der Waals surface area contributed by atoms with E-state index in [0.29, 0.717) is 12.5 Å². The highest BCUT2D eigenvalue weighted by Crippen LogP contribution is 2.11. The molecule has 1 aromatic rings. The van der Waals surface area contributed by atoms with Crippen LogP contribution in [0.3, 0.4) is 0 Å². The fraction of sp³-hybridized carbons (Fsp3) is 0.600. The zero-order valence-corrected chi connectivity index (χ0v) is 11.2. The van der Waals surface area contributed by atoms with Crippen molar-refractivity contribution < 1.29 is 5.11 Å². The number of hydrogen-bond acceptors (Lipinski definition) is 2. The van der Waals surface area contributed by atoms with Crippen molar-refractivity contribution in [3.8, 4) is 0 Å². The third kappa shape index (κ3) is 5.85. The molecule has 0 saturated heterocycles. The minimum absolute atomic E-state index is 0.269. The summed E-state index contributed by atoms with van der Waals surface area (Å²) in [6.07, 6.45) is 0.666. The van der Waals surface area contributed by atoms with Gasteiger partial charge in [0.1, 0.15) is 0 Å². The molecule has 0 aliphatic rings. The molecule has 1 unspecified atom stereocenters. The fourth-order valence-electron chi connectivity index (χ4n) is 1.84. The van der Waals surface area contributed by atoms with Crippen molar-refractivity contribution in [3.05, 3.63) is 35.9 Å². The number of rotatable bonds is 7. The summed E-state index contributed by atoms with van der Waals surface area (Å²) < 4.78 is 0. The van der Waals surface area contributed by atoms with E-state index in [0.717, 1.165) is 13.0 Å². The first-order valence-electron chi connectivity index (χ1n) is 6.52. The summed E-state index contributed by atoms with van der Waals surface area (Å²) >= 11 is 0. The molecule has 17 heavy (non-hydrogen) atoms. The molecule has 0 bridgehead atoms. The Morgan fingerprint density at radius 3 is 2.29 bits per heavy atom. The molecule has 1 rings (SSSR count). The predicted molar refractivity (Wildman–Crippen MR) is 73.0 cm³/mol. The van der Waals surface area contributed by atoms with Crippen LogP contribution in [0.25, 0.3) is 0 Å². The lowest BCUT2D eigenvalue weighted by atomic mass is 9.96. The summed E-state index contributed by atoms with van der Waals surface area (Å²) in [6.45, 7) is 8.11. The van der Waals surface area contributed by atoms with Crippen molar-refractivity contribution in [3.63, 3.8) is 0 Å². The summed E-state index contributed by atoms with van der Waals surface area (Å²) in [5.74, 6) is 0.920. The largest absolute Gasteiger partial charge is 0.392 e. The van der Waals surface area contributed by atoms with Crippen LogP contribution in [0, 0.1) is 11.8 Å². The van der Waals surface area contributed by atoms with Gasteiger partial charge < -0.3 is 10.4 Å². The van der Waals surface area contributed by atoms with E-state index in [1.54, 1.807) is 0 Å². The molecule has 0 aliphatic heterocycles. The van der Waals surface area contributed by atoms with E-state index in [1.165, 1.54) is 5.56 Å². The van der Waals surface area contributed by atoms with Gasteiger partial charge in [-0.2, -0.15) is 0 Å². The van der Waals surface area contributed by atoms with Gasteiger partial charge in [0.15, 0.2) is 0 Å². The molecule has 0 amide bonds. The van der Waals surface area contributed by atoms with Crippen molar-refractivity contribution in [2.45, 2.75) is 33.3 Å². The highest BCUT2D eigenvalue weighted by Gasteiger charge is 2.14. The molecule has 0 heterocycles. The first kappa shape index (κ1) is 14.2. The predicted octanol–water partition coefficient (Wildman–Crippen LogP) is 2.47. The lowest BCUT2D eigenvalue weighted by Gasteiger charge is -2.20.